The molecule has 6 heteroatoms. The number of methoxy groups -OCH3 is 1. The lowest BCUT2D eigenvalue weighted by Gasteiger charge is -2.24. The molecule has 1 aromatic rings. The standard InChI is InChI=1S/C10H10O3.C6H14O3/c1-7-8(5-11)3-4-10(13-2)9(7)6-12;1-2-6(3-7,4-8)5-9/h3-6H,1-2H3;7-9H,2-5H2,1H3. The second-order valence-corrected chi connectivity index (χ2v) is 4.96. The van der Waals surface area contributed by atoms with Crippen molar-refractivity contribution < 1.29 is 29.6 Å². The first-order valence-electron chi connectivity index (χ1n) is 6.89. The van der Waals surface area contributed by atoms with E-state index in [4.69, 9.17) is 20.1 Å². The maximum atomic E-state index is 10.7. The van der Waals surface area contributed by atoms with Crippen molar-refractivity contribution in [2.24, 2.45) is 5.41 Å². The molecule has 3 N–H and O–H groups in total. The Bertz CT molecular complexity index is 462. The summed E-state index contributed by atoms with van der Waals surface area (Å²) in [5, 5.41) is 26.0. The van der Waals surface area contributed by atoms with Crippen LogP contribution in [0.5, 0.6) is 5.75 Å². The molecule has 0 fully saturated rings. The van der Waals surface area contributed by atoms with Gasteiger partial charge in [0.15, 0.2) is 6.29 Å². The molecular formula is C16H24O6. The minimum Gasteiger partial charge on any atom is -0.496 e. The van der Waals surface area contributed by atoms with Crippen LogP contribution in [0.2, 0.25) is 0 Å². The molecule has 0 spiro atoms. The molecule has 0 saturated carbocycles. The van der Waals surface area contributed by atoms with Crippen molar-refractivity contribution >= 4 is 12.6 Å². The number of benzene rings is 1. The molecule has 22 heavy (non-hydrogen) atoms. The van der Waals surface area contributed by atoms with Crippen molar-refractivity contribution in [3.8, 4) is 5.75 Å². The normalized spacial score (nSPS) is 10.5. The van der Waals surface area contributed by atoms with Gasteiger partial charge < -0.3 is 20.1 Å². The minimum absolute atomic E-state index is 0.156. The van der Waals surface area contributed by atoms with Crippen molar-refractivity contribution in [2.45, 2.75) is 20.3 Å². The van der Waals surface area contributed by atoms with Gasteiger partial charge in [-0.25, -0.2) is 0 Å². The van der Waals surface area contributed by atoms with Gasteiger partial charge in [0.25, 0.3) is 0 Å². The van der Waals surface area contributed by atoms with Crippen molar-refractivity contribution in [1.29, 1.82) is 0 Å². The van der Waals surface area contributed by atoms with Crippen LogP contribution in [0.4, 0.5) is 0 Å². The van der Waals surface area contributed by atoms with E-state index in [1.54, 1.807) is 19.1 Å². The number of aliphatic hydroxyl groups excluding tert-OH is 3. The van der Waals surface area contributed by atoms with Gasteiger partial charge in [0, 0.05) is 11.0 Å². The van der Waals surface area contributed by atoms with E-state index in [0.29, 0.717) is 35.1 Å². The van der Waals surface area contributed by atoms with Crippen LogP contribution in [-0.4, -0.2) is 54.8 Å². The third-order valence-electron chi connectivity index (χ3n) is 3.74. The number of hydrogen-bond acceptors (Lipinski definition) is 6. The number of aliphatic hydroxyl groups is 3. The molecule has 0 saturated heterocycles. The number of ether oxygens (including phenoxy) is 1. The quantitative estimate of drug-likeness (QED) is 0.649. The fourth-order valence-corrected chi connectivity index (χ4v) is 1.66. The van der Waals surface area contributed by atoms with Crippen LogP contribution in [0, 0.1) is 12.3 Å². The average Bonchev–Trinajstić information content (AvgIpc) is 2.57. The molecule has 1 rings (SSSR count). The number of hydrogen-bond donors (Lipinski definition) is 3. The molecule has 0 amide bonds. The van der Waals surface area contributed by atoms with E-state index in [9.17, 15) is 9.59 Å². The van der Waals surface area contributed by atoms with Crippen LogP contribution in [0.1, 0.15) is 39.6 Å². The molecule has 0 aromatic heterocycles. The Labute approximate surface area is 130 Å². The summed E-state index contributed by atoms with van der Waals surface area (Å²) in [6, 6.07) is 3.24. The van der Waals surface area contributed by atoms with Crippen LogP contribution >= 0.6 is 0 Å². The minimum atomic E-state index is -0.667. The van der Waals surface area contributed by atoms with E-state index < -0.39 is 5.41 Å². The third-order valence-corrected chi connectivity index (χ3v) is 3.74. The van der Waals surface area contributed by atoms with E-state index in [-0.39, 0.29) is 19.8 Å². The molecule has 1 aromatic carbocycles. The molecule has 124 valence electrons. The first-order chi connectivity index (χ1) is 10.5. The molecule has 0 atom stereocenters. The molecule has 6 nitrogen and oxygen atoms in total. The number of aldehydes is 2. The van der Waals surface area contributed by atoms with E-state index in [2.05, 4.69) is 0 Å². The van der Waals surface area contributed by atoms with Gasteiger partial charge >= 0.3 is 0 Å². The molecule has 0 bridgehead atoms. The van der Waals surface area contributed by atoms with Gasteiger partial charge in [0.2, 0.25) is 0 Å². The summed E-state index contributed by atoms with van der Waals surface area (Å²) in [6.45, 7) is 3.07. The van der Waals surface area contributed by atoms with Crippen LogP contribution < -0.4 is 4.74 Å². The SMILES string of the molecule is CCC(CO)(CO)CO.COc1ccc(C=O)c(C)c1C=O. The van der Waals surface area contributed by atoms with Gasteiger partial charge in [-0.15, -0.1) is 0 Å². The van der Waals surface area contributed by atoms with E-state index >= 15 is 0 Å². The van der Waals surface area contributed by atoms with Crippen LogP contribution in [0.15, 0.2) is 12.1 Å². The maximum absolute atomic E-state index is 10.7. The number of carbonyl (C=O) groups excluding carboxylic acids is 2. The Morgan fingerprint density at radius 1 is 1.09 bits per heavy atom. The smallest absolute Gasteiger partial charge is 0.154 e. The second kappa shape index (κ2) is 10.0. The molecule has 0 aliphatic heterocycles. The van der Waals surface area contributed by atoms with E-state index in [1.165, 1.54) is 7.11 Å². The Kier molecular flexibility index (Phi) is 9.24. The summed E-state index contributed by atoms with van der Waals surface area (Å²) in [4.78, 5) is 21.2. The highest BCUT2D eigenvalue weighted by Crippen LogP contribution is 2.22. The first-order valence-corrected chi connectivity index (χ1v) is 6.89. The van der Waals surface area contributed by atoms with E-state index in [0.717, 1.165) is 6.29 Å². The number of carbonyl (C=O) groups is 2. The molecule has 0 unspecified atom stereocenters. The molecule has 0 radical (unpaired) electrons. The highest BCUT2D eigenvalue weighted by atomic mass is 16.5. The lowest BCUT2D eigenvalue weighted by Crippen LogP contribution is -2.32. The fourth-order valence-electron chi connectivity index (χ4n) is 1.66. The summed E-state index contributed by atoms with van der Waals surface area (Å²) in [6.07, 6.45) is 2.01. The van der Waals surface area contributed by atoms with Crippen molar-refractivity contribution in [2.75, 3.05) is 26.9 Å². The Morgan fingerprint density at radius 2 is 1.64 bits per heavy atom. The van der Waals surface area contributed by atoms with Gasteiger partial charge in [-0.3, -0.25) is 9.59 Å². The van der Waals surface area contributed by atoms with Crippen LogP contribution in [0.25, 0.3) is 0 Å². The van der Waals surface area contributed by atoms with Crippen molar-refractivity contribution in [3.63, 3.8) is 0 Å². The van der Waals surface area contributed by atoms with Crippen molar-refractivity contribution in [3.05, 3.63) is 28.8 Å². The predicted octanol–water partition coefficient (Wildman–Crippen LogP) is 0.988. The third kappa shape index (κ3) is 4.91. The zero-order chi connectivity index (χ0) is 17.2. The summed E-state index contributed by atoms with van der Waals surface area (Å²) in [5.74, 6) is 0.498. The van der Waals surface area contributed by atoms with E-state index in [1.807, 2.05) is 6.92 Å². The maximum Gasteiger partial charge on any atom is 0.154 e. The Balaban J connectivity index is 0.000000433. The van der Waals surface area contributed by atoms with Gasteiger partial charge in [-0.05, 0) is 31.0 Å². The number of rotatable bonds is 7. The predicted molar refractivity (Wildman–Crippen MR) is 82.5 cm³/mol. The highest BCUT2D eigenvalue weighted by Gasteiger charge is 2.24. The molecular weight excluding hydrogens is 288 g/mol. The Hall–Kier alpha value is -1.76. The van der Waals surface area contributed by atoms with Crippen LogP contribution in [0.3, 0.4) is 0 Å². The summed E-state index contributed by atoms with van der Waals surface area (Å²) in [7, 11) is 1.49. The lowest BCUT2D eigenvalue weighted by molar-refractivity contribution is 0.00304. The van der Waals surface area contributed by atoms with Gasteiger partial charge in [0.05, 0.1) is 32.5 Å². The summed E-state index contributed by atoms with van der Waals surface area (Å²) < 4.78 is 4.97. The lowest BCUT2D eigenvalue weighted by atomic mass is 9.88. The Morgan fingerprint density at radius 3 is 1.91 bits per heavy atom. The molecule has 0 heterocycles. The van der Waals surface area contributed by atoms with Gasteiger partial charge in [-0.2, -0.15) is 0 Å². The fraction of sp³-hybridized carbons (Fsp3) is 0.500. The largest absolute Gasteiger partial charge is 0.496 e. The van der Waals surface area contributed by atoms with Crippen molar-refractivity contribution in [1.82, 2.24) is 0 Å². The highest BCUT2D eigenvalue weighted by molar-refractivity contribution is 5.88. The summed E-state index contributed by atoms with van der Waals surface area (Å²) in [5.41, 5.74) is 0.944. The van der Waals surface area contributed by atoms with Gasteiger partial charge in [0.1, 0.15) is 12.0 Å². The molecule has 0 aliphatic rings. The zero-order valence-corrected chi connectivity index (χ0v) is 13.2. The molecule has 0 aliphatic carbocycles. The average molecular weight is 312 g/mol. The van der Waals surface area contributed by atoms with Crippen LogP contribution in [-0.2, 0) is 0 Å². The first kappa shape index (κ1) is 20.2. The monoisotopic (exact) mass is 312 g/mol. The summed E-state index contributed by atoms with van der Waals surface area (Å²) >= 11 is 0. The second-order valence-electron chi connectivity index (χ2n) is 4.96. The van der Waals surface area contributed by atoms with Gasteiger partial charge in [-0.1, -0.05) is 6.92 Å². The topological polar surface area (TPSA) is 104 Å². The zero-order valence-electron chi connectivity index (χ0n) is 13.2.